The summed E-state index contributed by atoms with van der Waals surface area (Å²) >= 11 is 0. The van der Waals surface area contributed by atoms with Gasteiger partial charge in [0.2, 0.25) is 0 Å². The molecule has 1 unspecified atom stereocenters. The van der Waals surface area contributed by atoms with E-state index in [0.717, 1.165) is 26.2 Å². The summed E-state index contributed by atoms with van der Waals surface area (Å²) in [5.74, 6) is -27.8. The van der Waals surface area contributed by atoms with Gasteiger partial charge < -0.3 is 9.47 Å². The zero-order valence-corrected chi connectivity index (χ0v) is 15.0. The number of benzene rings is 1. The van der Waals surface area contributed by atoms with Gasteiger partial charge in [0.25, 0.3) is 0 Å². The Labute approximate surface area is 157 Å². The molecular weight excluding hydrogens is 433 g/mol. The summed E-state index contributed by atoms with van der Waals surface area (Å²) in [6, 6.07) is 4.43. The fourth-order valence-corrected chi connectivity index (χ4v) is 2.38. The first-order valence-electron chi connectivity index (χ1n) is 7.58. The molecule has 0 fully saturated rings. The van der Waals surface area contributed by atoms with Gasteiger partial charge in [0.05, 0.1) is 19.1 Å². The Kier molecular flexibility index (Phi) is 6.51. The second-order valence-corrected chi connectivity index (χ2v) is 6.27. The van der Waals surface area contributed by atoms with Gasteiger partial charge >= 0.3 is 29.9 Å². The molecule has 0 saturated carbocycles. The Morgan fingerprint density at radius 2 is 1.14 bits per heavy atom. The molecule has 0 bridgehead atoms. The highest BCUT2D eigenvalue weighted by Crippen LogP contribution is 2.59. The average Bonchev–Trinajstić information content (AvgIpc) is 2.59. The third-order valence-electron chi connectivity index (χ3n) is 4.31. The largest absolute Gasteiger partial charge is 0.497 e. The minimum absolute atomic E-state index is 0.195. The monoisotopic (exact) mass is 448 g/mol. The predicted octanol–water partition coefficient (Wildman–Crippen LogP) is 6.05. The van der Waals surface area contributed by atoms with Crippen LogP contribution in [0.4, 0.5) is 48.3 Å². The van der Waals surface area contributed by atoms with Crippen LogP contribution < -0.4 is 4.74 Å². The van der Waals surface area contributed by atoms with Crippen LogP contribution in [0.15, 0.2) is 24.3 Å². The van der Waals surface area contributed by atoms with Crippen molar-refractivity contribution in [2.24, 2.45) is 0 Å². The summed E-state index contributed by atoms with van der Waals surface area (Å²) in [6.45, 7) is 0.749. The number of methoxy groups -OCH3 is 2. The molecule has 1 rings (SSSR count). The number of halogens is 11. The lowest BCUT2D eigenvalue weighted by molar-refractivity contribution is -0.424. The smallest absolute Gasteiger partial charge is 0.460 e. The lowest BCUT2D eigenvalue weighted by Gasteiger charge is -2.40. The second-order valence-electron chi connectivity index (χ2n) is 6.27. The third-order valence-corrected chi connectivity index (χ3v) is 4.31. The molecule has 0 saturated heterocycles. The highest BCUT2D eigenvalue weighted by Gasteiger charge is 2.87. The molecule has 13 heteroatoms. The summed E-state index contributed by atoms with van der Waals surface area (Å²) in [5, 5.41) is 0. The molecule has 1 aromatic carbocycles. The van der Waals surface area contributed by atoms with Crippen molar-refractivity contribution in [2.75, 3.05) is 14.2 Å². The molecule has 1 aromatic rings. The lowest BCUT2D eigenvalue weighted by atomic mass is 9.85. The van der Waals surface area contributed by atoms with E-state index in [4.69, 9.17) is 4.74 Å². The molecule has 0 aliphatic carbocycles. The Balaban J connectivity index is 3.39. The summed E-state index contributed by atoms with van der Waals surface area (Å²) < 4.78 is 154. The molecule has 168 valence electrons. The molecule has 0 radical (unpaired) electrons. The van der Waals surface area contributed by atoms with E-state index in [1.54, 1.807) is 0 Å². The fraction of sp³-hybridized carbons (Fsp3) is 0.625. The summed E-state index contributed by atoms with van der Waals surface area (Å²) in [4.78, 5) is 0. The molecule has 1 atom stereocenters. The molecule has 0 aromatic heterocycles. The topological polar surface area (TPSA) is 18.5 Å². The van der Waals surface area contributed by atoms with Crippen LogP contribution in [0.5, 0.6) is 5.75 Å². The van der Waals surface area contributed by atoms with E-state index in [2.05, 4.69) is 4.74 Å². The third kappa shape index (κ3) is 4.10. The minimum Gasteiger partial charge on any atom is -0.497 e. The highest BCUT2D eigenvalue weighted by molar-refractivity contribution is 5.31. The Bertz CT molecular complexity index is 698. The maximum atomic E-state index is 14.1. The van der Waals surface area contributed by atoms with E-state index >= 15 is 0 Å². The standard InChI is InChI=1S/C16H15F11O2/c1-11(29-3,9-4-6-10(28-2)7-5-9)8-12(17,18)13(19,20)14(21,22)15(23,24)16(25,26)27/h4-7H,8H2,1-3H3. The molecular formula is C16H15F11O2. The van der Waals surface area contributed by atoms with E-state index in [1.807, 2.05) is 0 Å². The van der Waals surface area contributed by atoms with Crippen LogP contribution in [0.1, 0.15) is 18.9 Å². The van der Waals surface area contributed by atoms with Crippen LogP contribution in [0.25, 0.3) is 0 Å². The fourth-order valence-electron chi connectivity index (χ4n) is 2.38. The van der Waals surface area contributed by atoms with Crippen LogP contribution in [0.2, 0.25) is 0 Å². The van der Waals surface area contributed by atoms with Gasteiger partial charge in [-0.3, -0.25) is 0 Å². The van der Waals surface area contributed by atoms with Gasteiger partial charge in [0.1, 0.15) is 5.75 Å². The van der Waals surface area contributed by atoms with Gasteiger partial charge in [0.15, 0.2) is 0 Å². The average molecular weight is 448 g/mol. The van der Waals surface area contributed by atoms with Crippen molar-refractivity contribution in [2.45, 2.75) is 48.8 Å². The maximum absolute atomic E-state index is 14.1. The first kappa shape index (κ1) is 25.2. The van der Waals surface area contributed by atoms with E-state index in [-0.39, 0.29) is 11.3 Å². The van der Waals surface area contributed by atoms with Crippen LogP contribution in [0.3, 0.4) is 0 Å². The van der Waals surface area contributed by atoms with E-state index in [0.29, 0.717) is 0 Å². The molecule has 0 aliphatic rings. The van der Waals surface area contributed by atoms with Crippen LogP contribution in [-0.2, 0) is 10.3 Å². The molecule has 0 aliphatic heterocycles. The molecule has 0 amide bonds. The van der Waals surface area contributed by atoms with Gasteiger partial charge in [-0.1, -0.05) is 12.1 Å². The number of rotatable bonds is 8. The van der Waals surface area contributed by atoms with Crippen LogP contribution in [-0.4, -0.2) is 44.1 Å². The predicted molar refractivity (Wildman–Crippen MR) is 77.8 cm³/mol. The van der Waals surface area contributed by atoms with Crippen molar-refractivity contribution in [3.05, 3.63) is 29.8 Å². The number of alkyl halides is 11. The first-order valence-corrected chi connectivity index (χ1v) is 7.58. The van der Waals surface area contributed by atoms with Gasteiger partial charge in [-0.2, -0.15) is 48.3 Å². The Hall–Kier alpha value is -1.79. The van der Waals surface area contributed by atoms with E-state index < -0.39 is 41.9 Å². The lowest BCUT2D eigenvalue weighted by Crippen LogP contribution is -2.67. The zero-order chi connectivity index (χ0) is 23.1. The molecule has 29 heavy (non-hydrogen) atoms. The van der Waals surface area contributed by atoms with Gasteiger partial charge in [-0.15, -0.1) is 0 Å². The van der Waals surface area contributed by atoms with Gasteiger partial charge in [0, 0.05) is 7.11 Å². The molecule has 0 N–H and O–H groups in total. The summed E-state index contributed by atoms with van der Waals surface area (Å²) in [7, 11) is 1.98. The normalized spacial score (nSPS) is 16.5. The molecule has 2 nitrogen and oxygen atoms in total. The summed E-state index contributed by atoms with van der Waals surface area (Å²) in [6.07, 6.45) is -9.53. The minimum atomic E-state index is -7.45. The first-order chi connectivity index (χ1) is 12.8. The van der Waals surface area contributed by atoms with E-state index in [9.17, 15) is 48.3 Å². The second kappa shape index (κ2) is 7.47. The van der Waals surface area contributed by atoms with Crippen molar-refractivity contribution in [1.82, 2.24) is 0 Å². The Morgan fingerprint density at radius 3 is 1.48 bits per heavy atom. The number of hydrogen-bond acceptors (Lipinski definition) is 2. The van der Waals surface area contributed by atoms with Crippen LogP contribution in [0, 0.1) is 0 Å². The molecule has 0 spiro atoms. The van der Waals surface area contributed by atoms with Crippen LogP contribution >= 0.6 is 0 Å². The van der Waals surface area contributed by atoms with Crippen molar-refractivity contribution in [3.63, 3.8) is 0 Å². The van der Waals surface area contributed by atoms with Crippen molar-refractivity contribution in [1.29, 1.82) is 0 Å². The molecule has 0 heterocycles. The quantitative estimate of drug-likeness (QED) is 0.451. The SMILES string of the molecule is COc1ccc(C(C)(CC(F)(F)C(F)(F)C(F)(F)C(F)(F)C(F)(F)F)OC)cc1. The van der Waals surface area contributed by atoms with Gasteiger partial charge in [-0.25, -0.2) is 0 Å². The zero-order valence-electron chi connectivity index (χ0n) is 15.0. The summed E-state index contributed by atoms with van der Waals surface area (Å²) in [5.41, 5.74) is -2.73. The van der Waals surface area contributed by atoms with Crippen molar-refractivity contribution in [3.8, 4) is 5.75 Å². The van der Waals surface area contributed by atoms with Gasteiger partial charge in [-0.05, 0) is 24.6 Å². The number of hydrogen-bond donors (Lipinski definition) is 0. The Morgan fingerprint density at radius 1 is 0.690 bits per heavy atom. The van der Waals surface area contributed by atoms with Crippen molar-refractivity contribution >= 4 is 0 Å². The highest BCUT2D eigenvalue weighted by atomic mass is 19.4. The number of ether oxygens (including phenoxy) is 2. The van der Waals surface area contributed by atoms with Crippen molar-refractivity contribution < 1.29 is 57.8 Å². The maximum Gasteiger partial charge on any atom is 0.460 e. The van der Waals surface area contributed by atoms with E-state index in [1.165, 1.54) is 19.2 Å².